The van der Waals surface area contributed by atoms with Crippen LogP contribution in [-0.2, 0) is 26.7 Å². The number of benzene rings is 2. The van der Waals surface area contributed by atoms with E-state index in [0.29, 0.717) is 44.8 Å². The standard InChI is InChI=1S/C29H34ClN3O5S/c30-22-7-9-24-19(14-22)4-3-11-29(24)17-33-16-21-5-8-23(21)28(35)31-12-1-2-13-39(36,37)32-27(34)20-6-10-26(38-18-29)25(33)15-20/h6-7,9-10,14-15,21,23H,1-5,8,11-13,16-18H2,(H,31,35)(H,32,34)/t21?,23-,29?/m1/s1. The third kappa shape index (κ3) is 5.23. The zero-order valence-electron chi connectivity index (χ0n) is 21.9. The van der Waals surface area contributed by atoms with E-state index in [0.717, 1.165) is 42.8 Å². The molecule has 2 aliphatic heterocycles. The molecule has 0 aromatic heterocycles. The number of amides is 2. The Morgan fingerprint density at radius 3 is 2.74 bits per heavy atom. The molecule has 2 N–H and O–H groups in total. The summed E-state index contributed by atoms with van der Waals surface area (Å²) in [6, 6.07) is 11.2. The molecule has 0 radical (unpaired) electrons. The van der Waals surface area contributed by atoms with Gasteiger partial charge in [0.05, 0.1) is 18.0 Å². The Labute approximate surface area is 234 Å². The van der Waals surface area contributed by atoms with Gasteiger partial charge in [0.25, 0.3) is 5.91 Å². The lowest BCUT2D eigenvalue weighted by atomic mass is 9.69. The molecule has 8 nitrogen and oxygen atoms in total. The Hall–Kier alpha value is -2.78. The van der Waals surface area contributed by atoms with E-state index < -0.39 is 15.9 Å². The zero-order chi connectivity index (χ0) is 27.2. The summed E-state index contributed by atoms with van der Waals surface area (Å²) in [6.07, 6.45) is 5.63. The monoisotopic (exact) mass is 571 g/mol. The minimum Gasteiger partial charge on any atom is -0.490 e. The second-order valence-corrected chi connectivity index (χ2v) is 13.8. The maximum Gasteiger partial charge on any atom is 0.264 e. The number of carbonyl (C=O) groups excluding carboxylic acids is 2. The predicted molar refractivity (Wildman–Crippen MR) is 150 cm³/mol. The first-order valence-electron chi connectivity index (χ1n) is 13.9. The fourth-order valence-electron chi connectivity index (χ4n) is 6.68. The molecule has 2 aliphatic carbocycles. The number of nitrogens with zero attached hydrogens (tertiary/aromatic N) is 1. The number of hydrogen-bond acceptors (Lipinski definition) is 6. The van der Waals surface area contributed by atoms with Gasteiger partial charge in [0.2, 0.25) is 15.9 Å². The van der Waals surface area contributed by atoms with Gasteiger partial charge in [-0.3, -0.25) is 9.59 Å². The van der Waals surface area contributed by atoms with Gasteiger partial charge >= 0.3 is 0 Å². The molecule has 2 aromatic carbocycles. The topological polar surface area (TPSA) is 105 Å². The number of sulfonamides is 1. The van der Waals surface area contributed by atoms with Crippen molar-refractivity contribution >= 4 is 39.1 Å². The average molecular weight is 572 g/mol. The van der Waals surface area contributed by atoms with Crippen molar-refractivity contribution in [2.24, 2.45) is 11.8 Å². The van der Waals surface area contributed by atoms with Crippen molar-refractivity contribution in [2.45, 2.75) is 50.4 Å². The molecule has 0 saturated heterocycles. The van der Waals surface area contributed by atoms with Crippen LogP contribution in [-0.4, -0.2) is 52.2 Å². The highest BCUT2D eigenvalue weighted by Gasteiger charge is 2.44. The summed E-state index contributed by atoms with van der Waals surface area (Å²) < 4.78 is 33.8. The normalized spacial score (nSPS) is 28.6. The number of hydrogen-bond donors (Lipinski definition) is 2. The van der Waals surface area contributed by atoms with E-state index in [1.807, 2.05) is 6.07 Å². The predicted octanol–water partition coefficient (Wildman–Crippen LogP) is 3.81. The van der Waals surface area contributed by atoms with E-state index in [1.54, 1.807) is 18.2 Å². The van der Waals surface area contributed by atoms with E-state index in [1.165, 1.54) is 11.1 Å². The first-order chi connectivity index (χ1) is 18.7. The number of aryl methyl sites for hydroxylation is 1. The second kappa shape index (κ2) is 10.3. The van der Waals surface area contributed by atoms with Gasteiger partial charge in [0, 0.05) is 41.6 Å². The van der Waals surface area contributed by atoms with Crippen LogP contribution in [0.3, 0.4) is 0 Å². The molecule has 1 saturated carbocycles. The Kier molecular flexibility index (Phi) is 7.00. The van der Waals surface area contributed by atoms with E-state index in [4.69, 9.17) is 16.3 Å². The molecule has 1 fully saturated rings. The van der Waals surface area contributed by atoms with Crippen molar-refractivity contribution in [3.05, 3.63) is 58.1 Å². The maximum absolute atomic E-state index is 13.0. The Bertz CT molecular complexity index is 1410. The summed E-state index contributed by atoms with van der Waals surface area (Å²) >= 11 is 6.35. The molecular weight excluding hydrogens is 538 g/mol. The number of halogens is 1. The second-order valence-electron chi connectivity index (χ2n) is 11.5. The third-order valence-electron chi connectivity index (χ3n) is 8.90. The van der Waals surface area contributed by atoms with Crippen LogP contribution in [0, 0.1) is 11.8 Å². The molecule has 2 heterocycles. The largest absolute Gasteiger partial charge is 0.490 e. The van der Waals surface area contributed by atoms with Gasteiger partial charge in [-0.25, -0.2) is 13.1 Å². The molecule has 2 unspecified atom stereocenters. The van der Waals surface area contributed by atoms with Gasteiger partial charge < -0.3 is 15.0 Å². The number of ether oxygens (including phenoxy) is 1. The van der Waals surface area contributed by atoms with Crippen LogP contribution >= 0.6 is 11.6 Å². The molecule has 3 atom stereocenters. The minimum atomic E-state index is -3.80. The smallest absolute Gasteiger partial charge is 0.264 e. The van der Waals surface area contributed by atoms with Crippen molar-refractivity contribution in [2.75, 3.05) is 36.9 Å². The number of fused-ring (bicyclic) bond motifs is 4. The van der Waals surface area contributed by atoms with E-state index >= 15 is 0 Å². The van der Waals surface area contributed by atoms with Crippen LogP contribution in [0.4, 0.5) is 5.69 Å². The van der Waals surface area contributed by atoms with Gasteiger partial charge in [-0.05, 0) is 92.3 Å². The van der Waals surface area contributed by atoms with E-state index in [2.05, 4.69) is 27.1 Å². The van der Waals surface area contributed by atoms with E-state index in [-0.39, 0.29) is 34.5 Å². The summed E-state index contributed by atoms with van der Waals surface area (Å²) in [5.41, 5.74) is 3.24. The number of anilines is 1. The Morgan fingerprint density at radius 1 is 1.05 bits per heavy atom. The van der Waals surface area contributed by atoms with Gasteiger partial charge in [-0.2, -0.15) is 0 Å². The molecule has 208 valence electrons. The fraction of sp³-hybridized carbons (Fsp3) is 0.517. The number of carbonyl (C=O) groups is 2. The SMILES string of the molecule is O=C1NS(=O)(=O)CCCCNC(=O)[C@@H]2CCC2CN2CC3(CCCc4cc(Cl)ccc43)COc3ccc1cc32. The highest BCUT2D eigenvalue weighted by atomic mass is 35.5. The quantitative estimate of drug-likeness (QED) is 0.498. The van der Waals surface area contributed by atoms with Crippen LogP contribution in [0.5, 0.6) is 5.75 Å². The highest BCUT2D eigenvalue weighted by Crippen LogP contribution is 2.46. The zero-order valence-corrected chi connectivity index (χ0v) is 23.5. The number of nitrogens with one attached hydrogen (secondary N) is 2. The summed E-state index contributed by atoms with van der Waals surface area (Å²) in [7, 11) is -3.80. The van der Waals surface area contributed by atoms with Gasteiger partial charge in [0.1, 0.15) is 5.75 Å². The van der Waals surface area contributed by atoms with Gasteiger partial charge in [-0.15, -0.1) is 0 Å². The van der Waals surface area contributed by atoms with Crippen LogP contribution in [0.15, 0.2) is 36.4 Å². The highest BCUT2D eigenvalue weighted by molar-refractivity contribution is 7.90. The third-order valence-corrected chi connectivity index (χ3v) is 10.5. The molecule has 1 spiro atoms. The van der Waals surface area contributed by atoms with Crippen molar-refractivity contribution in [1.29, 1.82) is 0 Å². The van der Waals surface area contributed by atoms with Crippen molar-refractivity contribution < 1.29 is 22.7 Å². The van der Waals surface area contributed by atoms with Gasteiger partial charge in [-0.1, -0.05) is 17.7 Å². The molecular formula is C29H34ClN3O5S. The lowest BCUT2D eigenvalue weighted by Crippen LogP contribution is -2.50. The summed E-state index contributed by atoms with van der Waals surface area (Å²) in [6.45, 7) is 2.24. The first kappa shape index (κ1) is 26.4. The maximum atomic E-state index is 13.0. The molecule has 2 bridgehead atoms. The minimum absolute atomic E-state index is 0.0434. The lowest BCUT2D eigenvalue weighted by Gasteiger charge is -2.44. The average Bonchev–Trinajstić information content (AvgIpc) is 3.02. The van der Waals surface area contributed by atoms with Crippen LogP contribution in [0.25, 0.3) is 0 Å². The number of rotatable bonds is 0. The van der Waals surface area contributed by atoms with E-state index in [9.17, 15) is 18.0 Å². The van der Waals surface area contributed by atoms with Crippen LogP contribution < -0.4 is 19.7 Å². The molecule has 2 aromatic rings. The Balaban J connectivity index is 1.41. The molecule has 6 rings (SSSR count). The molecule has 2 amide bonds. The van der Waals surface area contributed by atoms with Crippen LogP contribution in [0.1, 0.15) is 60.0 Å². The summed E-state index contributed by atoms with van der Waals surface area (Å²) in [5, 5.41) is 3.73. The van der Waals surface area contributed by atoms with Gasteiger partial charge in [0.15, 0.2) is 0 Å². The van der Waals surface area contributed by atoms with Crippen molar-refractivity contribution in [1.82, 2.24) is 10.0 Å². The summed E-state index contributed by atoms with van der Waals surface area (Å²) in [4.78, 5) is 28.3. The Morgan fingerprint density at radius 2 is 1.92 bits per heavy atom. The van der Waals surface area contributed by atoms with Crippen molar-refractivity contribution in [3.63, 3.8) is 0 Å². The summed E-state index contributed by atoms with van der Waals surface area (Å²) in [5.74, 6) is 0.000431. The fourth-order valence-corrected chi connectivity index (χ4v) is 7.96. The first-order valence-corrected chi connectivity index (χ1v) is 15.9. The van der Waals surface area contributed by atoms with Crippen LogP contribution in [0.2, 0.25) is 5.02 Å². The lowest BCUT2D eigenvalue weighted by molar-refractivity contribution is -0.130. The molecule has 39 heavy (non-hydrogen) atoms. The molecule has 10 heteroatoms. The van der Waals surface area contributed by atoms with Crippen molar-refractivity contribution in [3.8, 4) is 5.75 Å². The molecule has 4 aliphatic rings.